The van der Waals surface area contributed by atoms with Crippen LogP contribution in [0.4, 0.5) is 11.4 Å². The molecule has 158 valence electrons. The van der Waals surface area contributed by atoms with Gasteiger partial charge in [-0.25, -0.2) is 21.1 Å². The van der Waals surface area contributed by atoms with Gasteiger partial charge in [0.05, 0.1) is 11.4 Å². The summed E-state index contributed by atoms with van der Waals surface area (Å²) in [6.45, 7) is 3.89. The van der Waals surface area contributed by atoms with E-state index >= 15 is 0 Å². The third kappa shape index (κ3) is 3.56. The van der Waals surface area contributed by atoms with Crippen molar-refractivity contribution in [3.8, 4) is 0 Å². The molecule has 1 aromatic heterocycles. The summed E-state index contributed by atoms with van der Waals surface area (Å²) in [6, 6.07) is 8.24. The van der Waals surface area contributed by atoms with Crippen LogP contribution >= 0.6 is 11.3 Å². The van der Waals surface area contributed by atoms with E-state index < -0.39 is 20.0 Å². The van der Waals surface area contributed by atoms with E-state index in [1.54, 1.807) is 6.07 Å². The van der Waals surface area contributed by atoms with Gasteiger partial charge in [0, 0.05) is 32.6 Å². The number of thiophene rings is 1. The lowest BCUT2D eigenvalue weighted by atomic mass is 9.63. The van der Waals surface area contributed by atoms with Crippen molar-refractivity contribution in [2.45, 2.75) is 34.6 Å². The van der Waals surface area contributed by atoms with E-state index in [4.69, 9.17) is 0 Å². The quantitative estimate of drug-likeness (QED) is 0.723. The van der Waals surface area contributed by atoms with Crippen molar-refractivity contribution in [3.63, 3.8) is 0 Å². The number of hydrogen-bond donors (Lipinski definition) is 1. The first-order chi connectivity index (χ1) is 13.5. The minimum atomic E-state index is -3.90. The van der Waals surface area contributed by atoms with Crippen molar-refractivity contribution in [3.05, 3.63) is 35.9 Å². The van der Waals surface area contributed by atoms with Gasteiger partial charge in [-0.3, -0.25) is 4.72 Å². The van der Waals surface area contributed by atoms with Gasteiger partial charge in [-0.2, -0.15) is 0 Å². The molecule has 2 heterocycles. The Kier molecular flexibility index (Phi) is 4.96. The predicted molar refractivity (Wildman–Crippen MR) is 116 cm³/mol. The number of aryl methyl sites for hydroxylation is 1. The van der Waals surface area contributed by atoms with Gasteiger partial charge in [-0.05, 0) is 43.5 Å². The lowest BCUT2D eigenvalue weighted by Crippen LogP contribution is -2.60. The van der Waals surface area contributed by atoms with E-state index in [9.17, 15) is 16.8 Å². The van der Waals surface area contributed by atoms with Crippen LogP contribution < -0.4 is 9.62 Å². The molecule has 1 aliphatic heterocycles. The second-order valence-electron chi connectivity index (χ2n) is 8.15. The highest BCUT2D eigenvalue weighted by atomic mass is 32.3. The first kappa shape index (κ1) is 20.6. The van der Waals surface area contributed by atoms with Crippen LogP contribution in [0, 0.1) is 12.3 Å². The van der Waals surface area contributed by atoms with Gasteiger partial charge in [0.25, 0.3) is 20.0 Å². The Labute approximate surface area is 176 Å². The van der Waals surface area contributed by atoms with Crippen LogP contribution in [-0.4, -0.2) is 48.3 Å². The van der Waals surface area contributed by atoms with Gasteiger partial charge >= 0.3 is 0 Å². The van der Waals surface area contributed by atoms with Crippen molar-refractivity contribution in [1.82, 2.24) is 4.31 Å². The lowest BCUT2D eigenvalue weighted by Gasteiger charge is -2.57. The number of hydrogen-bond acceptors (Lipinski definition) is 6. The normalized spacial score (nSPS) is 18.6. The van der Waals surface area contributed by atoms with Gasteiger partial charge in [0.15, 0.2) is 0 Å². The van der Waals surface area contributed by atoms with E-state index in [-0.39, 0.29) is 8.42 Å². The first-order valence-corrected chi connectivity index (χ1v) is 13.2. The number of para-hydroxylation sites is 1. The fourth-order valence-corrected chi connectivity index (χ4v) is 8.04. The van der Waals surface area contributed by atoms with Gasteiger partial charge in [0.2, 0.25) is 0 Å². The van der Waals surface area contributed by atoms with Gasteiger partial charge in [-0.1, -0.05) is 18.6 Å². The van der Waals surface area contributed by atoms with E-state index in [1.807, 2.05) is 19.1 Å². The summed E-state index contributed by atoms with van der Waals surface area (Å²) in [5, 5.41) is 0. The molecule has 1 aromatic carbocycles. The zero-order chi connectivity index (χ0) is 21.0. The Hall–Kier alpha value is -1.62. The molecule has 4 rings (SSSR count). The van der Waals surface area contributed by atoms with Crippen LogP contribution in [0.3, 0.4) is 0 Å². The minimum Gasteiger partial charge on any atom is -0.368 e. The molecular formula is C19H25N3O4S3. The molecule has 0 bridgehead atoms. The lowest BCUT2D eigenvalue weighted by molar-refractivity contribution is 0.0904. The average molecular weight is 456 g/mol. The average Bonchev–Trinajstić information content (AvgIpc) is 3.05. The zero-order valence-electron chi connectivity index (χ0n) is 16.7. The van der Waals surface area contributed by atoms with Crippen molar-refractivity contribution < 1.29 is 16.8 Å². The van der Waals surface area contributed by atoms with E-state index in [2.05, 4.69) is 9.62 Å². The first-order valence-electron chi connectivity index (χ1n) is 9.44. The van der Waals surface area contributed by atoms with E-state index in [0.29, 0.717) is 11.1 Å². The molecule has 7 nitrogen and oxygen atoms in total. The van der Waals surface area contributed by atoms with Crippen molar-refractivity contribution in [1.29, 1.82) is 0 Å². The molecule has 0 atom stereocenters. The highest BCUT2D eigenvalue weighted by Crippen LogP contribution is 2.51. The molecule has 10 heteroatoms. The molecule has 1 aliphatic carbocycles. The number of benzene rings is 1. The third-order valence-electron chi connectivity index (χ3n) is 5.82. The Morgan fingerprint density at radius 2 is 1.69 bits per heavy atom. The third-order valence-corrected chi connectivity index (χ3v) is 11.0. The summed E-state index contributed by atoms with van der Waals surface area (Å²) in [7, 11) is -4.73. The largest absolute Gasteiger partial charge is 0.368 e. The van der Waals surface area contributed by atoms with Gasteiger partial charge in [0.1, 0.15) is 8.42 Å². The smallest absolute Gasteiger partial charge is 0.271 e. The highest BCUT2D eigenvalue weighted by Gasteiger charge is 2.48. The number of sulfonamides is 2. The maximum absolute atomic E-state index is 13.0. The monoisotopic (exact) mass is 455 g/mol. The van der Waals surface area contributed by atoms with Crippen LogP contribution in [0.2, 0.25) is 0 Å². The van der Waals surface area contributed by atoms with Crippen LogP contribution in [0.1, 0.15) is 24.8 Å². The number of rotatable bonds is 6. The van der Waals surface area contributed by atoms with Crippen LogP contribution in [0.25, 0.3) is 0 Å². The second-order valence-corrected chi connectivity index (χ2v) is 13.5. The highest BCUT2D eigenvalue weighted by molar-refractivity contribution is 7.96. The molecular weight excluding hydrogens is 430 g/mol. The fraction of sp³-hybridized carbons (Fsp3) is 0.474. The maximum atomic E-state index is 13.0. The van der Waals surface area contributed by atoms with Crippen molar-refractivity contribution in [2.24, 2.45) is 5.41 Å². The minimum absolute atomic E-state index is 0.00186. The second kappa shape index (κ2) is 6.97. The summed E-state index contributed by atoms with van der Waals surface area (Å²) in [4.78, 5) is 2.24. The molecule has 2 aliphatic rings. The standard InChI is InChI=1S/C19H25N3O4S3/c1-14-6-4-7-15(18(14)22-12-19(13-22)10-5-11-19)20-28(23,24)16-8-9-17(27-16)29(25,26)21(2)3/h4,6-9,20H,5,10-13H2,1-3H3. The van der Waals surface area contributed by atoms with Crippen molar-refractivity contribution in [2.75, 3.05) is 36.8 Å². The molecule has 1 saturated carbocycles. The molecule has 2 aromatic rings. The molecule has 0 radical (unpaired) electrons. The SMILES string of the molecule is Cc1cccc(NS(=O)(=O)c2ccc(S(=O)(=O)N(C)C)s2)c1N1CC2(CCC2)C1. The molecule has 2 fully saturated rings. The number of nitrogens with one attached hydrogen (secondary N) is 1. The van der Waals surface area contributed by atoms with E-state index in [1.165, 1.54) is 45.5 Å². The molecule has 0 amide bonds. The molecule has 1 spiro atoms. The van der Waals surface area contributed by atoms with Gasteiger partial charge < -0.3 is 4.90 Å². The predicted octanol–water partition coefficient (Wildman–Crippen LogP) is 3.10. The van der Waals surface area contributed by atoms with Crippen molar-refractivity contribution >= 4 is 42.8 Å². The summed E-state index contributed by atoms with van der Waals surface area (Å²) < 4.78 is 54.2. The summed E-state index contributed by atoms with van der Waals surface area (Å²) in [6.07, 6.45) is 3.77. The molecule has 0 unspecified atom stereocenters. The zero-order valence-corrected chi connectivity index (χ0v) is 19.1. The Bertz CT molecular complexity index is 1140. The number of nitrogens with zero attached hydrogens (tertiary/aromatic N) is 2. The summed E-state index contributed by atoms with van der Waals surface area (Å²) >= 11 is 0.751. The molecule has 1 saturated heterocycles. The summed E-state index contributed by atoms with van der Waals surface area (Å²) in [5.41, 5.74) is 2.87. The summed E-state index contributed by atoms with van der Waals surface area (Å²) in [5.74, 6) is 0. The van der Waals surface area contributed by atoms with E-state index in [0.717, 1.165) is 40.0 Å². The molecule has 29 heavy (non-hydrogen) atoms. The maximum Gasteiger partial charge on any atom is 0.271 e. The fourth-order valence-electron chi connectivity index (χ4n) is 4.04. The van der Waals surface area contributed by atoms with Gasteiger partial charge in [-0.15, -0.1) is 11.3 Å². The number of anilines is 2. The van der Waals surface area contributed by atoms with Crippen LogP contribution in [0.15, 0.2) is 38.8 Å². The van der Waals surface area contributed by atoms with Crippen LogP contribution in [-0.2, 0) is 20.0 Å². The topological polar surface area (TPSA) is 86.8 Å². The van der Waals surface area contributed by atoms with Crippen LogP contribution in [0.5, 0.6) is 0 Å². The Balaban J connectivity index is 1.61. The Morgan fingerprint density at radius 3 is 2.28 bits per heavy atom. The molecule has 1 N–H and O–H groups in total. The Morgan fingerprint density at radius 1 is 1.03 bits per heavy atom.